The van der Waals surface area contributed by atoms with E-state index in [0.717, 1.165) is 16.7 Å². The van der Waals surface area contributed by atoms with E-state index in [4.69, 9.17) is 52.0 Å². The largest absolute Gasteiger partial charge is 0.458 e. The Morgan fingerprint density at radius 1 is 0.986 bits per heavy atom. The van der Waals surface area contributed by atoms with Gasteiger partial charge < -0.3 is 57.3 Å². The number of carbonyl (C=O) groups is 1. The van der Waals surface area contributed by atoms with E-state index in [1.165, 1.54) is 12.3 Å². The summed E-state index contributed by atoms with van der Waals surface area (Å²) < 4.78 is 55.2. The number of carbonyl (C=O) groups excluding carboxylic acids is 1. The average molecular weight is 1020 g/mol. The number of halogens is 1. The highest BCUT2D eigenvalue weighted by Gasteiger charge is 2.45. The number of hydrogen-bond acceptors (Lipinski definition) is 15. The van der Waals surface area contributed by atoms with Gasteiger partial charge in [-0.25, -0.2) is 14.8 Å². The summed E-state index contributed by atoms with van der Waals surface area (Å²) in [6.07, 6.45) is 19.5. The van der Waals surface area contributed by atoms with Crippen LogP contribution in [0.3, 0.4) is 0 Å². The molecule has 0 radical (unpaired) electrons. The number of aromatic nitrogens is 2. The molecule has 5 aliphatic rings. The highest BCUT2D eigenvalue weighted by Crippen LogP contribution is 2.40. The SMILES string of the molecule is C=C1C[C@H]2C/C=C\C(=O)O[C@@H]3[C@@H](C)[C@H](C/C=C/c4nc(co4)[C@@H]4C[C@H](O)C[C@H](C[C@H](C1)O2)O4)O[C@H](/C(C)=C/c1coc(CC2(O)CC(OC)CC(C(O)/C=C(C)/C=C/C(C/C=C/Br)OC)O2)n1)[C@H]3C. The molecule has 15 atom stereocenters. The van der Waals surface area contributed by atoms with Crippen molar-refractivity contribution in [1.82, 2.24) is 9.97 Å². The summed E-state index contributed by atoms with van der Waals surface area (Å²) in [6.45, 7) is 12.2. The number of fused-ring (bicyclic) bond motifs is 9. The lowest BCUT2D eigenvalue weighted by Gasteiger charge is -2.44. The number of aliphatic hydroxyl groups is 3. The highest BCUT2D eigenvalue weighted by molar-refractivity contribution is 9.11. The Bertz CT molecular complexity index is 2210. The van der Waals surface area contributed by atoms with Crippen LogP contribution in [0.25, 0.3) is 12.2 Å². The smallest absolute Gasteiger partial charge is 0.330 e. The van der Waals surface area contributed by atoms with Crippen LogP contribution in [0, 0.1) is 11.8 Å². The van der Waals surface area contributed by atoms with E-state index in [2.05, 4.69) is 22.5 Å². The summed E-state index contributed by atoms with van der Waals surface area (Å²) in [6, 6.07) is 0. The highest BCUT2D eigenvalue weighted by atomic mass is 79.9. The topological polar surface area (TPSA) is 194 Å². The maximum Gasteiger partial charge on any atom is 0.330 e. The van der Waals surface area contributed by atoms with Crippen LogP contribution in [0.4, 0.5) is 0 Å². The lowest BCUT2D eigenvalue weighted by molar-refractivity contribution is -0.286. The quantitative estimate of drug-likeness (QED) is 0.104. The predicted molar refractivity (Wildman–Crippen MR) is 261 cm³/mol. The van der Waals surface area contributed by atoms with E-state index in [0.29, 0.717) is 75.1 Å². The Morgan fingerprint density at radius 3 is 2.57 bits per heavy atom. The zero-order valence-corrected chi connectivity index (χ0v) is 42.3. The van der Waals surface area contributed by atoms with Gasteiger partial charge in [-0.3, -0.25) is 0 Å². The molecular weight excluding hydrogens is 952 g/mol. The van der Waals surface area contributed by atoms with E-state index >= 15 is 0 Å². The van der Waals surface area contributed by atoms with Gasteiger partial charge in [-0.2, -0.15) is 0 Å². The van der Waals surface area contributed by atoms with Crippen molar-refractivity contribution in [2.75, 3.05) is 14.2 Å². The minimum atomic E-state index is -1.73. The molecule has 4 fully saturated rings. The number of hydrogen-bond donors (Lipinski definition) is 3. The summed E-state index contributed by atoms with van der Waals surface area (Å²) in [5, 5.41) is 33.9. The van der Waals surface area contributed by atoms with Crippen molar-refractivity contribution in [3.8, 4) is 0 Å². The minimum Gasteiger partial charge on any atom is -0.458 e. The molecule has 4 saturated heterocycles. The van der Waals surface area contributed by atoms with Gasteiger partial charge in [-0.15, -0.1) is 0 Å². The first kappa shape index (κ1) is 53.0. The zero-order valence-electron chi connectivity index (χ0n) is 40.7. The molecule has 0 saturated carbocycles. The molecule has 7 heterocycles. The van der Waals surface area contributed by atoms with Gasteiger partial charge in [0.1, 0.15) is 36.1 Å². The van der Waals surface area contributed by atoms with Gasteiger partial charge in [0.2, 0.25) is 5.89 Å². The molecule has 8 bridgehead atoms. The van der Waals surface area contributed by atoms with Crippen LogP contribution >= 0.6 is 15.9 Å². The number of nitrogens with zero attached hydrogens (tertiary/aromatic N) is 2. The summed E-state index contributed by atoms with van der Waals surface area (Å²) >= 11 is 3.28. The van der Waals surface area contributed by atoms with E-state index < -0.39 is 48.4 Å². The van der Waals surface area contributed by atoms with Crippen LogP contribution in [0.2, 0.25) is 0 Å². The van der Waals surface area contributed by atoms with Gasteiger partial charge in [-0.05, 0) is 75.1 Å². The molecule has 5 aliphatic heterocycles. The molecule has 16 heteroatoms. The van der Waals surface area contributed by atoms with Gasteiger partial charge >= 0.3 is 5.97 Å². The Labute approximate surface area is 414 Å². The first-order chi connectivity index (χ1) is 33.1. The van der Waals surface area contributed by atoms with Crippen molar-refractivity contribution in [1.29, 1.82) is 0 Å². The Morgan fingerprint density at radius 2 is 1.78 bits per heavy atom. The molecule has 0 amide bonds. The molecule has 7 rings (SSSR count). The fourth-order valence-electron chi connectivity index (χ4n) is 10.4. The van der Waals surface area contributed by atoms with Gasteiger partial charge in [0.15, 0.2) is 11.7 Å². The van der Waals surface area contributed by atoms with Crippen LogP contribution in [0.5, 0.6) is 0 Å². The van der Waals surface area contributed by atoms with Crippen molar-refractivity contribution >= 4 is 34.1 Å². The Kier molecular flexibility index (Phi) is 18.9. The molecule has 69 heavy (non-hydrogen) atoms. The molecule has 3 N–H and O–H groups in total. The third kappa shape index (κ3) is 14.6. The van der Waals surface area contributed by atoms with Crippen LogP contribution < -0.4 is 0 Å². The van der Waals surface area contributed by atoms with Gasteiger partial charge in [-0.1, -0.05) is 84.0 Å². The lowest BCUT2D eigenvalue weighted by Crippen LogP contribution is -2.51. The number of aliphatic hydroxyl groups excluding tert-OH is 2. The van der Waals surface area contributed by atoms with Crippen molar-refractivity contribution < 1.29 is 62.1 Å². The summed E-state index contributed by atoms with van der Waals surface area (Å²) in [7, 11) is 3.22. The molecule has 0 aliphatic carbocycles. The first-order valence-corrected chi connectivity index (χ1v) is 25.2. The van der Waals surface area contributed by atoms with Crippen LogP contribution in [0.1, 0.15) is 121 Å². The molecule has 0 spiro atoms. The molecule has 378 valence electrons. The number of oxazole rings is 2. The average Bonchev–Trinajstić information content (AvgIpc) is 3.96. The van der Waals surface area contributed by atoms with Gasteiger partial charge in [0.05, 0.1) is 67.5 Å². The lowest BCUT2D eigenvalue weighted by atomic mass is 9.79. The second kappa shape index (κ2) is 24.5. The molecule has 0 aromatic carbocycles. The first-order valence-electron chi connectivity index (χ1n) is 24.3. The number of allylic oxidation sites excluding steroid dienone is 2. The Balaban J connectivity index is 1.06. The maximum atomic E-state index is 13.6. The molecule has 5 unspecified atom stereocenters. The Hall–Kier alpha value is -3.81. The number of esters is 1. The van der Waals surface area contributed by atoms with E-state index in [1.807, 2.05) is 64.2 Å². The predicted octanol–water partition coefficient (Wildman–Crippen LogP) is 8.76. The minimum absolute atomic E-state index is 0.0830. The van der Waals surface area contributed by atoms with Crippen molar-refractivity contribution in [2.45, 2.75) is 177 Å². The molecule has 2 aromatic rings. The monoisotopic (exact) mass is 1020 g/mol. The van der Waals surface area contributed by atoms with E-state index in [-0.39, 0.29) is 67.2 Å². The summed E-state index contributed by atoms with van der Waals surface area (Å²) in [4.78, 5) is 24.8. The van der Waals surface area contributed by atoms with Crippen molar-refractivity contribution in [3.63, 3.8) is 0 Å². The second-order valence-electron chi connectivity index (χ2n) is 19.5. The molecule has 15 nitrogen and oxygen atoms in total. The fourth-order valence-corrected chi connectivity index (χ4v) is 10.6. The van der Waals surface area contributed by atoms with Crippen molar-refractivity contribution in [2.24, 2.45) is 11.8 Å². The van der Waals surface area contributed by atoms with Crippen LogP contribution in [-0.4, -0.2) is 118 Å². The third-order valence-electron chi connectivity index (χ3n) is 13.9. The van der Waals surface area contributed by atoms with Crippen molar-refractivity contribution in [3.05, 3.63) is 107 Å². The van der Waals surface area contributed by atoms with Crippen LogP contribution in [-0.2, 0) is 44.4 Å². The number of methoxy groups -OCH3 is 2. The van der Waals surface area contributed by atoms with Gasteiger partial charge in [0.25, 0.3) is 0 Å². The standard InChI is InChI=1S/C53H71BrN2O13/c1-31(16-17-38(61-6)12-10-18-54)21-44(58)47-26-42(62-7)27-53(60,69-47)28-49-55-36(29-63-49)22-33(3)51-35(5)52-34(4)45(67-51)13-9-14-48-56-43(30-64-48)46-24-37(57)23-41(66-46)25-40-20-32(2)19-39(65-40)11-8-15-50(59)68-52/h8-10,14-18,21-22,29-30,34-35,37-42,44-47,51-52,57-58,60H,2,11-13,19-20,23-28H2,1,3-7H3/b14-9+,15-8-,17-16+,18-10+,31-21+,33-22+/t34-,35+,37+,38?,39+,40-,41+,42?,44?,45-,46-,47?,51+,52+,53?/m0/s1. The van der Waals surface area contributed by atoms with E-state index in [1.54, 1.807) is 37.6 Å². The molecule has 2 aromatic heterocycles. The number of rotatable bonds is 12. The zero-order chi connectivity index (χ0) is 49.2. The molecular formula is C53H71BrN2O13. The third-order valence-corrected chi connectivity index (χ3v) is 14.2. The van der Waals surface area contributed by atoms with E-state index in [9.17, 15) is 20.1 Å². The maximum absolute atomic E-state index is 13.6. The normalized spacial score (nSPS) is 36.1. The van der Waals surface area contributed by atoms with Gasteiger partial charge in [0, 0.05) is 57.8 Å². The summed E-state index contributed by atoms with van der Waals surface area (Å²) in [5.74, 6) is -1.95. The number of ether oxygens (including phenoxy) is 7. The second-order valence-corrected chi connectivity index (χ2v) is 20.0. The summed E-state index contributed by atoms with van der Waals surface area (Å²) in [5.41, 5.74) is 3.86. The van der Waals surface area contributed by atoms with Crippen LogP contribution in [0.15, 0.2) is 92.2 Å². The fraction of sp³-hybridized carbons (Fsp3) is 0.604.